The molecule has 1 aliphatic heterocycles. The zero-order valence-electron chi connectivity index (χ0n) is 16.2. The molecule has 2 fully saturated rings. The summed E-state index contributed by atoms with van der Waals surface area (Å²) in [5.74, 6) is -2.17. The molecule has 28 heavy (non-hydrogen) atoms. The highest BCUT2D eigenvalue weighted by Gasteiger charge is 2.60. The summed E-state index contributed by atoms with van der Waals surface area (Å²) in [6.45, 7) is 4.92. The maximum absolute atomic E-state index is 12.8. The monoisotopic (exact) mass is 381 g/mol. The van der Waals surface area contributed by atoms with Crippen molar-refractivity contribution in [1.29, 1.82) is 0 Å². The van der Waals surface area contributed by atoms with Crippen LogP contribution in [0.5, 0.6) is 0 Å². The minimum Gasteiger partial charge on any atom is -0.456 e. The van der Waals surface area contributed by atoms with Crippen molar-refractivity contribution in [2.24, 2.45) is 23.7 Å². The molecule has 146 valence electrons. The van der Waals surface area contributed by atoms with Crippen LogP contribution in [0.2, 0.25) is 0 Å². The molecule has 0 radical (unpaired) electrons. The van der Waals surface area contributed by atoms with Crippen LogP contribution < -0.4 is 0 Å². The first kappa shape index (κ1) is 18.6. The van der Waals surface area contributed by atoms with Gasteiger partial charge in [0.1, 0.15) is 6.04 Å². The van der Waals surface area contributed by atoms with E-state index in [1.165, 1.54) is 6.92 Å². The predicted octanol–water partition coefficient (Wildman–Crippen LogP) is 2.22. The van der Waals surface area contributed by atoms with Crippen LogP contribution in [-0.4, -0.2) is 41.1 Å². The molecule has 1 aromatic carbocycles. The summed E-state index contributed by atoms with van der Waals surface area (Å²) < 4.78 is 5.14. The molecule has 0 aromatic heterocycles. The number of benzene rings is 1. The number of Topliss-reactive ketones (excluding diaryl/α,β-unsaturated/α-hetero) is 1. The lowest BCUT2D eigenvalue weighted by Crippen LogP contribution is -2.45. The fourth-order valence-corrected chi connectivity index (χ4v) is 4.67. The number of ether oxygens (including phenoxy) is 1. The molecule has 2 aliphatic carbocycles. The Labute approximate surface area is 163 Å². The average molecular weight is 381 g/mol. The third-order valence-corrected chi connectivity index (χ3v) is 6.41. The van der Waals surface area contributed by atoms with Gasteiger partial charge in [-0.2, -0.15) is 0 Å². The molecule has 1 heterocycles. The Morgan fingerprint density at radius 2 is 1.68 bits per heavy atom. The van der Waals surface area contributed by atoms with E-state index in [2.05, 4.69) is 0 Å². The molecule has 1 saturated heterocycles. The van der Waals surface area contributed by atoms with Gasteiger partial charge in [-0.15, -0.1) is 0 Å². The van der Waals surface area contributed by atoms with E-state index in [1.807, 2.05) is 32.1 Å². The number of fused-ring (bicyclic) bond motifs is 5. The number of carbonyl (C=O) groups excluding carboxylic acids is 4. The molecule has 0 N–H and O–H groups in total. The standard InChI is InChI=1S/C22H23NO5/c1-11-4-5-14(8-12(11)2)17(24)10-28-22(27)13(3)23-20(25)18-15-6-7-16(9-15)19(18)21(23)26/h4-8,13,15-16,18-19H,9-10H2,1-3H3/t13-,15+,16+,18+,19+/m1/s1. The molecule has 6 heteroatoms. The van der Waals surface area contributed by atoms with E-state index in [0.29, 0.717) is 5.56 Å². The van der Waals surface area contributed by atoms with Crippen LogP contribution >= 0.6 is 0 Å². The zero-order chi connectivity index (χ0) is 20.2. The minimum atomic E-state index is -1.03. The van der Waals surface area contributed by atoms with Crippen molar-refractivity contribution >= 4 is 23.6 Å². The summed E-state index contributed by atoms with van der Waals surface area (Å²) in [6.07, 6.45) is 4.85. The molecular formula is C22H23NO5. The first-order valence-corrected chi connectivity index (χ1v) is 9.62. The lowest BCUT2D eigenvalue weighted by atomic mass is 9.85. The number of imide groups is 1. The van der Waals surface area contributed by atoms with E-state index in [1.54, 1.807) is 12.1 Å². The highest BCUT2D eigenvalue weighted by atomic mass is 16.5. The van der Waals surface area contributed by atoms with E-state index < -0.39 is 18.6 Å². The molecule has 3 aliphatic rings. The minimum absolute atomic E-state index is 0.0889. The second-order valence-electron chi connectivity index (χ2n) is 8.05. The van der Waals surface area contributed by atoms with Gasteiger partial charge in [-0.05, 0) is 56.2 Å². The van der Waals surface area contributed by atoms with Crippen LogP contribution in [0.15, 0.2) is 30.4 Å². The normalized spacial score (nSPS) is 28.6. The van der Waals surface area contributed by atoms with E-state index in [0.717, 1.165) is 22.4 Å². The lowest BCUT2D eigenvalue weighted by Gasteiger charge is -2.23. The summed E-state index contributed by atoms with van der Waals surface area (Å²) in [5, 5.41) is 0. The smallest absolute Gasteiger partial charge is 0.329 e. The van der Waals surface area contributed by atoms with Gasteiger partial charge in [0.2, 0.25) is 11.8 Å². The largest absolute Gasteiger partial charge is 0.456 e. The SMILES string of the molecule is Cc1ccc(C(=O)COC(=O)[C@@H](C)N2C(=O)[C@@H]3[C@@H](C2=O)[C@H]2C=C[C@H]3C2)cc1C. The summed E-state index contributed by atoms with van der Waals surface area (Å²) in [6, 6.07) is 4.26. The number of amides is 2. The van der Waals surface area contributed by atoms with E-state index in [4.69, 9.17) is 4.74 Å². The molecule has 5 atom stereocenters. The Morgan fingerprint density at radius 1 is 1.07 bits per heavy atom. The fourth-order valence-electron chi connectivity index (χ4n) is 4.67. The van der Waals surface area contributed by atoms with Gasteiger partial charge in [-0.25, -0.2) is 4.79 Å². The van der Waals surface area contributed by atoms with Gasteiger partial charge in [0.05, 0.1) is 11.8 Å². The zero-order valence-corrected chi connectivity index (χ0v) is 16.2. The number of likely N-dealkylation sites (tertiary alicyclic amines) is 1. The van der Waals surface area contributed by atoms with Crippen molar-refractivity contribution in [2.45, 2.75) is 33.2 Å². The van der Waals surface area contributed by atoms with Gasteiger partial charge in [0.15, 0.2) is 12.4 Å². The Morgan fingerprint density at radius 3 is 2.25 bits per heavy atom. The molecule has 1 saturated carbocycles. The van der Waals surface area contributed by atoms with E-state index in [-0.39, 0.29) is 41.3 Å². The number of allylic oxidation sites excluding steroid dienone is 2. The van der Waals surface area contributed by atoms with Crippen molar-refractivity contribution in [1.82, 2.24) is 4.90 Å². The van der Waals surface area contributed by atoms with Crippen LogP contribution in [0.3, 0.4) is 0 Å². The fraction of sp³-hybridized carbons (Fsp3) is 0.455. The number of rotatable bonds is 5. The van der Waals surface area contributed by atoms with Crippen LogP contribution in [0.4, 0.5) is 0 Å². The maximum Gasteiger partial charge on any atom is 0.329 e. The molecule has 2 bridgehead atoms. The molecule has 1 aromatic rings. The summed E-state index contributed by atoms with van der Waals surface area (Å²) >= 11 is 0. The molecular weight excluding hydrogens is 358 g/mol. The number of esters is 1. The second kappa shape index (κ2) is 6.69. The van der Waals surface area contributed by atoms with Crippen molar-refractivity contribution in [3.05, 3.63) is 47.0 Å². The molecule has 0 spiro atoms. The van der Waals surface area contributed by atoms with Gasteiger partial charge >= 0.3 is 5.97 Å². The Bertz CT molecular complexity index is 888. The molecule has 6 nitrogen and oxygen atoms in total. The van der Waals surface area contributed by atoms with Crippen LogP contribution in [0.1, 0.15) is 34.8 Å². The second-order valence-corrected chi connectivity index (χ2v) is 8.05. The highest BCUT2D eigenvalue weighted by Crippen LogP contribution is 2.52. The lowest BCUT2D eigenvalue weighted by molar-refractivity contribution is -0.157. The van der Waals surface area contributed by atoms with Crippen molar-refractivity contribution in [2.75, 3.05) is 6.61 Å². The molecule has 4 rings (SSSR count). The van der Waals surface area contributed by atoms with Gasteiger partial charge in [0, 0.05) is 5.56 Å². The number of carbonyl (C=O) groups is 4. The number of aryl methyl sites for hydroxylation is 2. The number of ketones is 1. The van der Waals surface area contributed by atoms with Crippen LogP contribution in [0, 0.1) is 37.5 Å². The average Bonchev–Trinajstić information content (AvgIpc) is 3.35. The van der Waals surface area contributed by atoms with Gasteiger partial charge in [0.25, 0.3) is 0 Å². The topological polar surface area (TPSA) is 80.8 Å². The Balaban J connectivity index is 1.40. The Hall–Kier alpha value is -2.76. The third kappa shape index (κ3) is 2.79. The van der Waals surface area contributed by atoms with Gasteiger partial charge in [-0.3, -0.25) is 19.3 Å². The van der Waals surface area contributed by atoms with Crippen LogP contribution in [0.25, 0.3) is 0 Å². The number of hydrogen-bond acceptors (Lipinski definition) is 5. The number of hydrogen-bond donors (Lipinski definition) is 0. The maximum atomic E-state index is 12.8. The van der Waals surface area contributed by atoms with Crippen molar-refractivity contribution < 1.29 is 23.9 Å². The van der Waals surface area contributed by atoms with E-state index >= 15 is 0 Å². The summed E-state index contributed by atoms with van der Waals surface area (Å²) in [7, 11) is 0. The van der Waals surface area contributed by atoms with Gasteiger partial charge < -0.3 is 4.74 Å². The highest BCUT2D eigenvalue weighted by molar-refractivity contribution is 6.09. The number of nitrogens with zero attached hydrogens (tertiary/aromatic N) is 1. The predicted molar refractivity (Wildman–Crippen MR) is 100 cm³/mol. The molecule has 2 amide bonds. The third-order valence-electron chi connectivity index (χ3n) is 6.41. The Kier molecular flexibility index (Phi) is 4.44. The first-order chi connectivity index (χ1) is 13.3. The van der Waals surface area contributed by atoms with Gasteiger partial charge in [-0.1, -0.05) is 24.3 Å². The first-order valence-electron chi connectivity index (χ1n) is 9.62. The summed E-state index contributed by atoms with van der Waals surface area (Å²) in [5.41, 5.74) is 2.52. The van der Waals surface area contributed by atoms with Crippen molar-refractivity contribution in [3.8, 4) is 0 Å². The van der Waals surface area contributed by atoms with Crippen LogP contribution in [-0.2, 0) is 19.1 Å². The van der Waals surface area contributed by atoms with Crippen molar-refractivity contribution in [3.63, 3.8) is 0 Å². The van der Waals surface area contributed by atoms with E-state index in [9.17, 15) is 19.2 Å². The quantitative estimate of drug-likeness (QED) is 0.338. The summed E-state index contributed by atoms with van der Waals surface area (Å²) in [4.78, 5) is 51.3. The molecule has 0 unspecified atom stereocenters.